The molecule has 0 aliphatic rings. The van der Waals surface area contributed by atoms with Gasteiger partial charge in [-0.15, -0.1) is 0 Å². The molecule has 0 bridgehead atoms. The van der Waals surface area contributed by atoms with Gasteiger partial charge in [-0.25, -0.2) is 0 Å². The normalized spacial score (nSPS) is 10.6. The van der Waals surface area contributed by atoms with E-state index in [0.717, 1.165) is 11.1 Å². The maximum atomic E-state index is 12.5. The highest BCUT2D eigenvalue weighted by Crippen LogP contribution is 2.23. The van der Waals surface area contributed by atoms with E-state index in [9.17, 15) is 4.79 Å². The van der Waals surface area contributed by atoms with Crippen LogP contribution in [-0.4, -0.2) is 23.0 Å². The van der Waals surface area contributed by atoms with Gasteiger partial charge >= 0.3 is 0 Å². The first-order valence-corrected chi connectivity index (χ1v) is 7.88. The topological polar surface area (TPSA) is 46.3 Å². The van der Waals surface area contributed by atoms with Gasteiger partial charge in [0.15, 0.2) is 11.5 Å². The van der Waals surface area contributed by atoms with Gasteiger partial charge in [0.2, 0.25) is 0 Å². The Kier molecular flexibility index (Phi) is 4.47. The fourth-order valence-electron chi connectivity index (χ4n) is 2.53. The molecule has 0 saturated carbocycles. The second kappa shape index (κ2) is 6.71. The Hall–Kier alpha value is -2.88. The summed E-state index contributed by atoms with van der Waals surface area (Å²) in [6, 6.07) is 17.6. The fraction of sp³-hybridized carbons (Fsp3) is 0.200. The minimum Gasteiger partial charge on any atom is -0.355 e. The van der Waals surface area contributed by atoms with Crippen molar-refractivity contribution in [3.8, 4) is 11.3 Å². The summed E-state index contributed by atoms with van der Waals surface area (Å²) in [4.78, 5) is 14.2. The Morgan fingerprint density at radius 3 is 2.50 bits per heavy atom. The van der Waals surface area contributed by atoms with Gasteiger partial charge in [0, 0.05) is 25.2 Å². The lowest BCUT2D eigenvalue weighted by Gasteiger charge is -2.15. The van der Waals surface area contributed by atoms with Crippen LogP contribution in [-0.2, 0) is 6.54 Å². The molecular formula is C20H20N2O2. The molecule has 122 valence electrons. The summed E-state index contributed by atoms with van der Waals surface area (Å²) >= 11 is 0. The summed E-state index contributed by atoms with van der Waals surface area (Å²) in [6.07, 6.45) is 0. The zero-order valence-corrected chi connectivity index (χ0v) is 14.1. The molecule has 0 radical (unpaired) electrons. The van der Waals surface area contributed by atoms with Crippen LogP contribution in [0, 0.1) is 13.8 Å². The first kappa shape index (κ1) is 16.0. The molecule has 0 N–H and O–H groups in total. The molecule has 0 aliphatic heterocycles. The molecule has 24 heavy (non-hydrogen) atoms. The summed E-state index contributed by atoms with van der Waals surface area (Å²) in [6.45, 7) is 4.65. The van der Waals surface area contributed by atoms with Crippen LogP contribution in [0.15, 0.2) is 59.1 Å². The fourth-order valence-corrected chi connectivity index (χ4v) is 2.53. The van der Waals surface area contributed by atoms with Gasteiger partial charge in [-0.3, -0.25) is 4.79 Å². The van der Waals surface area contributed by atoms with E-state index in [0.29, 0.717) is 18.0 Å². The van der Waals surface area contributed by atoms with E-state index < -0.39 is 0 Å². The smallest absolute Gasteiger partial charge is 0.276 e. The second-order valence-electron chi connectivity index (χ2n) is 6.02. The highest BCUT2D eigenvalue weighted by atomic mass is 16.5. The van der Waals surface area contributed by atoms with Crippen molar-refractivity contribution in [2.75, 3.05) is 7.05 Å². The standard InChI is InChI=1S/C20H20N2O2/c1-14-9-10-17(11-15(14)2)19-12-18(21-24-19)20(23)22(3)13-16-7-5-4-6-8-16/h4-12H,13H2,1-3H3. The lowest BCUT2D eigenvalue weighted by atomic mass is 10.0. The molecule has 1 heterocycles. The molecule has 0 aliphatic carbocycles. The molecule has 0 unspecified atom stereocenters. The molecule has 1 amide bonds. The molecule has 0 atom stereocenters. The number of amides is 1. The van der Waals surface area contributed by atoms with Crippen LogP contribution in [0.3, 0.4) is 0 Å². The van der Waals surface area contributed by atoms with E-state index in [2.05, 4.69) is 19.0 Å². The van der Waals surface area contributed by atoms with Crippen LogP contribution in [0.25, 0.3) is 11.3 Å². The number of carbonyl (C=O) groups is 1. The van der Waals surface area contributed by atoms with Crippen molar-refractivity contribution in [2.45, 2.75) is 20.4 Å². The van der Waals surface area contributed by atoms with E-state index in [1.807, 2.05) is 48.5 Å². The molecule has 3 rings (SSSR count). The molecule has 0 spiro atoms. The predicted molar refractivity (Wildman–Crippen MR) is 93.7 cm³/mol. The zero-order chi connectivity index (χ0) is 17.1. The lowest BCUT2D eigenvalue weighted by Crippen LogP contribution is -2.26. The number of aromatic nitrogens is 1. The highest BCUT2D eigenvalue weighted by Gasteiger charge is 2.18. The van der Waals surface area contributed by atoms with Gasteiger partial charge in [0.05, 0.1) is 0 Å². The zero-order valence-electron chi connectivity index (χ0n) is 14.1. The van der Waals surface area contributed by atoms with Gasteiger partial charge in [0.25, 0.3) is 5.91 Å². The number of carbonyl (C=O) groups excluding carboxylic acids is 1. The second-order valence-corrected chi connectivity index (χ2v) is 6.02. The SMILES string of the molecule is Cc1ccc(-c2cc(C(=O)N(C)Cc3ccccc3)no2)cc1C. The molecule has 3 aromatic rings. The minimum atomic E-state index is -0.155. The van der Waals surface area contributed by atoms with Crippen molar-refractivity contribution in [1.29, 1.82) is 0 Å². The Balaban J connectivity index is 1.77. The van der Waals surface area contributed by atoms with E-state index in [1.54, 1.807) is 18.0 Å². The molecule has 0 fully saturated rings. The summed E-state index contributed by atoms with van der Waals surface area (Å²) in [5.41, 5.74) is 4.72. The van der Waals surface area contributed by atoms with Crippen molar-refractivity contribution < 1.29 is 9.32 Å². The third-order valence-electron chi connectivity index (χ3n) is 4.13. The molecule has 0 saturated heterocycles. The van der Waals surface area contributed by atoms with Crippen LogP contribution in [0.4, 0.5) is 0 Å². The van der Waals surface area contributed by atoms with Crippen molar-refractivity contribution in [3.63, 3.8) is 0 Å². The number of benzene rings is 2. The molecule has 4 nitrogen and oxygen atoms in total. The largest absolute Gasteiger partial charge is 0.355 e. The van der Waals surface area contributed by atoms with Gasteiger partial charge in [-0.05, 0) is 36.6 Å². The predicted octanol–water partition coefficient (Wildman–Crippen LogP) is 4.23. The van der Waals surface area contributed by atoms with Crippen molar-refractivity contribution in [3.05, 3.63) is 77.0 Å². The average molecular weight is 320 g/mol. The number of hydrogen-bond donors (Lipinski definition) is 0. The Morgan fingerprint density at radius 2 is 1.79 bits per heavy atom. The van der Waals surface area contributed by atoms with Crippen LogP contribution in [0.1, 0.15) is 27.2 Å². The molecular weight excluding hydrogens is 300 g/mol. The van der Waals surface area contributed by atoms with Gasteiger partial charge in [-0.2, -0.15) is 0 Å². The summed E-state index contributed by atoms with van der Waals surface area (Å²) < 4.78 is 5.37. The third-order valence-corrected chi connectivity index (χ3v) is 4.13. The van der Waals surface area contributed by atoms with Crippen molar-refractivity contribution in [2.24, 2.45) is 0 Å². The number of rotatable bonds is 4. The quantitative estimate of drug-likeness (QED) is 0.722. The maximum Gasteiger partial charge on any atom is 0.276 e. The average Bonchev–Trinajstić information content (AvgIpc) is 3.07. The molecule has 4 heteroatoms. The van der Waals surface area contributed by atoms with E-state index in [-0.39, 0.29) is 5.91 Å². The number of aryl methyl sites for hydroxylation is 2. The van der Waals surface area contributed by atoms with Crippen LogP contribution in [0.2, 0.25) is 0 Å². The minimum absolute atomic E-state index is 0.155. The van der Waals surface area contributed by atoms with Gasteiger partial charge < -0.3 is 9.42 Å². The van der Waals surface area contributed by atoms with Crippen LogP contribution in [0.5, 0.6) is 0 Å². The Morgan fingerprint density at radius 1 is 1.04 bits per heavy atom. The van der Waals surface area contributed by atoms with E-state index >= 15 is 0 Å². The maximum absolute atomic E-state index is 12.5. The van der Waals surface area contributed by atoms with Crippen LogP contribution >= 0.6 is 0 Å². The van der Waals surface area contributed by atoms with Gasteiger partial charge in [0.1, 0.15) is 0 Å². The van der Waals surface area contributed by atoms with Crippen molar-refractivity contribution in [1.82, 2.24) is 10.1 Å². The molecule has 2 aromatic carbocycles. The Labute approximate surface area is 141 Å². The number of nitrogens with zero attached hydrogens (tertiary/aromatic N) is 2. The van der Waals surface area contributed by atoms with Crippen LogP contribution < -0.4 is 0 Å². The summed E-state index contributed by atoms with van der Waals surface area (Å²) in [5, 5.41) is 3.94. The van der Waals surface area contributed by atoms with E-state index in [4.69, 9.17) is 4.52 Å². The number of hydrogen-bond acceptors (Lipinski definition) is 3. The first-order valence-electron chi connectivity index (χ1n) is 7.88. The molecule has 1 aromatic heterocycles. The van der Waals surface area contributed by atoms with E-state index in [1.165, 1.54) is 11.1 Å². The Bertz CT molecular complexity index is 853. The lowest BCUT2D eigenvalue weighted by molar-refractivity contribution is 0.0775. The third kappa shape index (κ3) is 3.38. The monoisotopic (exact) mass is 320 g/mol. The van der Waals surface area contributed by atoms with Gasteiger partial charge in [-0.1, -0.05) is 47.6 Å². The van der Waals surface area contributed by atoms with Crippen molar-refractivity contribution >= 4 is 5.91 Å². The summed E-state index contributed by atoms with van der Waals surface area (Å²) in [5.74, 6) is 0.451. The summed E-state index contributed by atoms with van der Waals surface area (Å²) in [7, 11) is 1.76. The first-order chi connectivity index (χ1) is 11.5. The highest BCUT2D eigenvalue weighted by molar-refractivity contribution is 5.92.